The lowest BCUT2D eigenvalue weighted by Gasteiger charge is -2.16. The Hall–Kier alpha value is -2.35. The first-order valence-electron chi connectivity index (χ1n) is 6.22. The Balaban J connectivity index is 2.37. The maximum absolute atomic E-state index is 12.5. The molecule has 2 heteroatoms. The molecule has 0 bridgehead atoms. The highest BCUT2D eigenvalue weighted by molar-refractivity contribution is 6.10. The number of carbonyl (C=O) groups excluding carboxylic acids is 1. The van der Waals surface area contributed by atoms with E-state index in [-0.39, 0.29) is 5.78 Å². The lowest BCUT2D eigenvalue weighted by atomic mass is 10.1. The first-order valence-corrected chi connectivity index (χ1v) is 6.22. The molecule has 0 aliphatic carbocycles. The molecular weight excluding hydrogens is 234 g/mol. The SMILES string of the molecule is CN(C)C(=Cc1ccccc1)C(=O)c1ccccc1. The van der Waals surface area contributed by atoms with Gasteiger partial charge in [-0.15, -0.1) is 0 Å². The molecule has 0 unspecified atom stereocenters. The highest BCUT2D eigenvalue weighted by Gasteiger charge is 2.13. The average molecular weight is 251 g/mol. The molecule has 0 amide bonds. The molecule has 0 aliphatic heterocycles. The Morgan fingerprint density at radius 3 is 1.95 bits per heavy atom. The molecule has 19 heavy (non-hydrogen) atoms. The first-order chi connectivity index (χ1) is 9.18. The van der Waals surface area contributed by atoms with Crippen molar-refractivity contribution in [3.8, 4) is 0 Å². The molecular formula is C17H17NO. The molecule has 2 aromatic rings. The van der Waals surface area contributed by atoms with Gasteiger partial charge in [-0.1, -0.05) is 60.7 Å². The zero-order valence-corrected chi connectivity index (χ0v) is 11.2. The molecule has 0 fully saturated rings. The van der Waals surface area contributed by atoms with E-state index in [0.717, 1.165) is 5.56 Å². The van der Waals surface area contributed by atoms with Crippen LogP contribution in [0.4, 0.5) is 0 Å². The summed E-state index contributed by atoms with van der Waals surface area (Å²) in [7, 11) is 3.77. The summed E-state index contributed by atoms with van der Waals surface area (Å²) < 4.78 is 0. The number of benzene rings is 2. The molecule has 0 heterocycles. The molecule has 2 nitrogen and oxygen atoms in total. The van der Waals surface area contributed by atoms with Gasteiger partial charge in [0.2, 0.25) is 5.78 Å². The second kappa shape index (κ2) is 6.01. The zero-order chi connectivity index (χ0) is 13.7. The van der Waals surface area contributed by atoms with E-state index in [0.29, 0.717) is 11.3 Å². The Labute approximate surface area is 114 Å². The van der Waals surface area contributed by atoms with Gasteiger partial charge in [-0.2, -0.15) is 0 Å². The molecule has 0 saturated heterocycles. The van der Waals surface area contributed by atoms with Crippen LogP contribution in [0, 0.1) is 0 Å². The monoisotopic (exact) mass is 251 g/mol. The molecule has 0 N–H and O–H groups in total. The van der Waals surface area contributed by atoms with Crippen molar-refractivity contribution in [3.63, 3.8) is 0 Å². The van der Waals surface area contributed by atoms with Gasteiger partial charge in [0.1, 0.15) is 0 Å². The fourth-order valence-electron chi connectivity index (χ4n) is 1.84. The number of hydrogen-bond donors (Lipinski definition) is 0. The summed E-state index contributed by atoms with van der Waals surface area (Å²) in [5.41, 5.74) is 2.41. The standard InChI is InChI=1S/C17H17NO/c1-18(2)16(13-14-9-5-3-6-10-14)17(19)15-11-7-4-8-12-15/h3-13H,1-2H3. The number of hydrogen-bond acceptors (Lipinski definition) is 2. The number of allylic oxidation sites excluding steroid dienone is 1. The number of likely N-dealkylation sites (N-methyl/N-ethyl adjacent to an activating group) is 1. The van der Waals surface area contributed by atoms with E-state index >= 15 is 0 Å². The second-order valence-corrected chi connectivity index (χ2v) is 4.53. The first kappa shape index (κ1) is 13.1. The summed E-state index contributed by atoms with van der Waals surface area (Å²) in [6, 6.07) is 19.2. The van der Waals surface area contributed by atoms with Gasteiger partial charge in [-0.3, -0.25) is 4.79 Å². The third-order valence-corrected chi connectivity index (χ3v) is 2.85. The smallest absolute Gasteiger partial charge is 0.209 e. The molecule has 0 spiro atoms. The summed E-state index contributed by atoms with van der Waals surface area (Å²) in [6.07, 6.45) is 1.91. The highest BCUT2D eigenvalue weighted by Crippen LogP contribution is 2.14. The summed E-state index contributed by atoms with van der Waals surface area (Å²) in [4.78, 5) is 14.3. The Kier molecular flexibility index (Phi) is 4.14. The summed E-state index contributed by atoms with van der Waals surface area (Å²) in [5, 5.41) is 0. The van der Waals surface area contributed by atoms with Crippen LogP contribution in [0.1, 0.15) is 15.9 Å². The topological polar surface area (TPSA) is 20.3 Å². The van der Waals surface area contributed by atoms with E-state index in [1.807, 2.05) is 85.7 Å². The lowest BCUT2D eigenvalue weighted by molar-refractivity contribution is 0.101. The summed E-state index contributed by atoms with van der Waals surface area (Å²) in [6.45, 7) is 0. The maximum atomic E-state index is 12.5. The van der Waals surface area contributed by atoms with Crippen LogP contribution in [0.3, 0.4) is 0 Å². The van der Waals surface area contributed by atoms with Gasteiger partial charge in [0.25, 0.3) is 0 Å². The quantitative estimate of drug-likeness (QED) is 0.612. The van der Waals surface area contributed by atoms with Gasteiger partial charge in [-0.05, 0) is 11.6 Å². The van der Waals surface area contributed by atoms with E-state index < -0.39 is 0 Å². The van der Waals surface area contributed by atoms with Gasteiger partial charge >= 0.3 is 0 Å². The van der Waals surface area contributed by atoms with Crippen LogP contribution in [0.25, 0.3) is 6.08 Å². The minimum Gasteiger partial charge on any atom is -0.374 e. The van der Waals surface area contributed by atoms with Crippen molar-refractivity contribution in [1.29, 1.82) is 0 Å². The van der Waals surface area contributed by atoms with Crippen molar-refractivity contribution in [1.82, 2.24) is 4.90 Å². The molecule has 0 radical (unpaired) electrons. The second-order valence-electron chi connectivity index (χ2n) is 4.53. The van der Waals surface area contributed by atoms with Crippen LogP contribution in [-0.4, -0.2) is 24.8 Å². The van der Waals surface area contributed by atoms with Crippen molar-refractivity contribution in [2.75, 3.05) is 14.1 Å². The molecule has 0 aliphatic rings. The van der Waals surface area contributed by atoms with E-state index in [2.05, 4.69) is 0 Å². The summed E-state index contributed by atoms with van der Waals surface area (Å²) >= 11 is 0. The van der Waals surface area contributed by atoms with Crippen molar-refractivity contribution >= 4 is 11.9 Å². The van der Waals surface area contributed by atoms with Crippen LogP contribution in [0.15, 0.2) is 66.4 Å². The fourth-order valence-corrected chi connectivity index (χ4v) is 1.84. The van der Waals surface area contributed by atoms with Crippen LogP contribution in [-0.2, 0) is 0 Å². The largest absolute Gasteiger partial charge is 0.374 e. The van der Waals surface area contributed by atoms with Crippen LogP contribution >= 0.6 is 0 Å². The number of rotatable bonds is 4. The van der Waals surface area contributed by atoms with Crippen molar-refractivity contribution in [2.24, 2.45) is 0 Å². The van der Waals surface area contributed by atoms with Crippen molar-refractivity contribution in [2.45, 2.75) is 0 Å². The van der Waals surface area contributed by atoms with Crippen molar-refractivity contribution in [3.05, 3.63) is 77.5 Å². The number of nitrogens with zero attached hydrogens (tertiary/aromatic N) is 1. The number of carbonyl (C=O) groups is 1. The normalized spacial score (nSPS) is 11.2. The third kappa shape index (κ3) is 3.32. The van der Waals surface area contributed by atoms with E-state index in [1.54, 1.807) is 0 Å². The minimum absolute atomic E-state index is 0.0365. The number of Topliss-reactive ketones (excluding diaryl/α,β-unsaturated/α-hetero) is 1. The van der Waals surface area contributed by atoms with Crippen LogP contribution < -0.4 is 0 Å². The van der Waals surface area contributed by atoms with Gasteiger partial charge in [-0.25, -0.2) is 0 Å². The Morgan fingerprint density at radius 2 is 1.42 bits per heavy atom. The van der Waals surface area contributed by atoms with E-state index in [4.69, 9.17) is 0 Å². The van der Waals surface area contributed by atoms with Crippen LogP contribution in [0.5, 0.6) is 0 Å². The molecule has 96 valence electrons. The zero-order valence-electron chi connectivity index (χ0n) is 11.2. The lowest BCUT2D eigenvalue weighted by Crippen LogP contribution is -2.19. The Morgan fingerprint density at radius 1 is 0.895 bits per heavy atom. The van der Waals surface area contributed by atoms with Crippen LogP contribution in [0.2, 0.25) is 0 Å². The minimum atomic E-state index is 0.0365. The Bertz CT molecular complexity index is 571. The van der Waals surface area contributed by atoms with Gasteiger partial charge < -0.3 is 4.90 Å². The van der Waals surface area contributed by atoms with Crippen molar-refractivity contribution < 1.29 is 4.79 Å². The maximum Gasteiger partial charge on any atom is 0.209 e. The molecule has 0 saturated carbocycles. The molecule has 2 aromatic carbocycles. The van der Waals surface area contributed by atoms with E-state index in [9.17, 15) is 4.79 Å². The predicted molar refractivity (Wildman–Crippen MR) is 78.9 cm³/mol. The molecule has 0 aromatic heterocycles. The molecule has 0 atom stereocenters. The van der Waals surface area contributed by atoms with Gasteiger partial charge in [0, 0.05) is 19.7 Å². The van der Waals surface area contributed by atoms with Gasteiger partial charge in [0.15, 0.2) is 0 Å². The fraction of sp³-hybridized carbons (Fsp3) is 0.118. The average Bonchev–Trinajstić information content (AvgIpc) is 2.46. The van der Waals surface area contributed by atoms with Gasteiger partial charge in [0.05, 0.1) is 5.70 Å². The highest BCUT2D eigenvalue weighted by atomic mass is 16.1. The van der Waals surface area contributed by atoms with E-state index in [1.165, 1.54) is 0 Å². The third-order valence-electron chi connectivity index (χ3n) is 2.85. The molecule has 2 rings (SSSR count). The predicted octanol–water partition coefficient (Wildman–Crippen LogP) is 3.47. The number of ketones is 1. The summed E-state index contributed by atoms with van der Waals surface area (Å²) in [5.74, 6) is 0.0365.